The Morgan fingerprint density at radius 3 is 2.67 bits per heavy atom. The predicted octanol–water partition coefficient (Wildman–Crippen LogP) is 2.64. The van der Waals surface area contributed by atoms with Crippen LogP contribution in [0.25, 0.3) is 11.5 Å². The minimum Gasteiger partial charge on any atom is -0.493 e. The molecule has 0 saturated carbocycles. The van der Waals surface area contributed by atoms with Gasteiger partial charge in [0, 0.05) is 37.5 Å². The lowest BCUT2D eigenvalue weighted by Gasteiger charge is -2.31. The summed E-state index contributed by atoms with van der Waals surface area (Å²) in [5.41, 5.74) is 1.18. The van der Waals surface area contributed by atoms with Crippen LogP contribution in [0, 0.1) is 5.92 Å². The van der Waals surface area contributed by atoms with E-state index in [9.17, 15) is 4.79 Å². The molecule has 1 amide bonds. The summed E-state index contributed by atoms with van der Waals surface area (Å²) in [7, 11) is 3.13. The summed E-state index contributed by atoms with van der Waals surface area (Å²) < 4.78 is 15.9. The van der Waals surface area contributed by atoms with Crippen LogP contribution in [0.5, 0.6) is 11.5 Å². The molecule has 9 heteroatoms. The van der Waals surface area contributed by atoms with Gasteiger partial charge in [-0.05, 0) is 37.0 Å². The fourth-order valence-corrected chi connectivity index (χ4v) is 3.60. The number of ether oxygens (including phenoxy) is 2. The summed E-state index contributed by atoms with van der Waals surface area (Å²) in [6.07, 6.45) is 7.24. The summed E-state index contributed by atoms with van der Waals surface area (Å²) in [4.78, 5) is 27.4. The zero-order chi connectivity index (χ0) is 20.9. The van der Waals surface area contributed by atoms with Gasteiger partial charge in [-0.1, -0.05) is 5.16 Å². The van der Waals surface area contributed by atoms with Crippen LogP contribution in [-0.2, 0) is 6.42 Å². The number of amides is 1. The minimum atomic E-state index is -0.00266. The highest BCUT2D eigenvalue weighted by Crippen LogP contribution is 2.29. The van der Waals surface area contributed by atoms with E-state index in [2.05, 4.69) is 20.1 Å². The van der Waals surface area contributed by atoms with E-state index in [1.54, 1.807) is 51.0 Å². The number of aromatic nitrogens is 4. The molecule has 0 radical (unpaired) electrons. The molecule has 1 fully saturated rings. The van der Waals surface area contributed by atoms with E-state index in [0.717, 1.165) is 12.8 Å². The molecule has 0 bridgehead atoms. The van der Waals surface area contributed by atoms with Crippen molar-refractivity contribution in [3.63, 3.8) is 0 Å². The van der Waals surface area contributed by atoms with Crippen LogP contribution < -0.4 is 9.47 Å². The van der Waals surface area contributed by atoms with Gasteiger partial charge < -0.3 is 18.9 Å². The first-order valence-electron chi connectivity index (χ1n) is 9.78. The molecule has 9 nitrogen and oxygen atoms in total. The lowest BCUT2D eigenvalue weighted by molar-refractivity contribution is 0.0687. The van der Waals surface area contributed by atoms with E-state index < -0.39 is 0 Å². The van der Waals surface area contributed by atoms with Crippen molar-refractivity contribution in [3.05, 3.63) is 48.2 Å². The van der Waals surface area contributed by atoms with Crippen molar-refractivity contribution in [3.8, 4) is 23.0 Å². The summed E-state index contributed by atoms with van der Waals surface area (Å²) in [5, 5.41) is 3.99. The Labute approximate surface area is 174 Å². The largest absolute Gasteiger partial charge is 0.493 e. The number of carbonyl (C=O) groups is 1. The number of rotatable bonds is 6. The molecule has 1 aliphatic rings. The number of benzene rings is 1. The van der Waals surface area contributed by atoms with Gasteiger partial charge in [-0.2, -0.15) is 4.98 Å². The number of nitrogens with zero attached hydrogens (tertiary/aromatic N) is 5. The van der Waals surface area contributed by atoms with Crippen molar-refractivity contribution in [2.75, 3.05) is 27.3 Å². The summed E-state index contributed by atoms with van der Waals surface area (Å²) in [5.74, 6) is 2.56. The molecule has 2 aromatic heterocycles. The van der Waals surface area contributed by atoms with E-state index in [1.807, 2.05) is 4.90 Å². The smallest absolute Gasteiger partial charge is 0.253 e. The molecular weight excluding hydrogens is 386 g/mol. The molecule has 0 aliphatic carbocycles. The first-order chi connectivity index (χ1) is 14.7. The molecule has 0 N–H and O–H groups in total. The fourth-order valence-electron chi connectivity index (χ4n) is 3.60. The van der Waals surface area contributed by atoms with Gasteiger partial charge >= 0.3 is 0 Å². The second-order valence-corrected chi connectivity index (χ2v) is 7.11. The Morgan fingerprint density at radius 2 is 1.97 bits per heavy atom. The number of piperidine rings is 1. The second kappa shape index (κ2) is 8.89. The van der Waals surface area contributed by atoms with E-state index in [4.69, 9.17) is 14.0 Å². The predicted molar refractivity (Wildman–Crippen MR) is 107 cm³/mol. The maximum atomic E-state index is 12.9. The summed E-state index contributed by atoms with van der Waals surface area (Å²) in [6, 6.07) is 5.24. The highest BCUT2D eigenvalue weighted by atomic mass is 16.5. The number of hydrogen-bond acceptors (Lipinski definition) is 8. The van der Waals surface area contributed by atoms with Gasteiger partial charge in [0.05, 0.1) is 20.4 Å². The van der Waals surface area contributed by atoms with Crippen molar-refractivity contribution in [1.82, 2.24) is 25.0 Å². The van der Waals surface area contributed by atoms with Crippen LogP contribution in [0.1, 0.15) is 29.1 Å². The highest BCUT2D eigenvalue weighted by Gasteiger charge is 2.26. The Morgan fingerprint density at radius 1 is 1.17 bits per heavy atom. The highest BCUT2D eigenvalue weighted by molar-refractivity contribution is 5.95. The van der Waals surface area contributed by atoms with Crippen LogP contribution in [-0.4, -0.2) is 58.2 Å². The number of carbonyl (C=O) groups excluding carboxylic acids is 1. The third kappa shape index (κ3) is 4.24. The lowest BCUT2D eigenvalue weighted by Crippen LogP contribution is -2.38. The molecule has 1 saturated heterocycles. The molecule has 0 unspecified atom stereocenters. The van der Waals surface area contributed by atoms with Gasteiger partial charge in [-0.25, -0.2) is 4.98 Å². The maximum Gasteiger partial charge on any atom is 0.253 e. The molecule has 3 heterocycles. The van der Waals surface area contributed by atoms with E-state index in [1.165, 1.54) is 0 Å². The molecule has 1 aliphatic heterocycles. The summed E-state index contributed by atoms with van der Waals surface area (Å²) >= 11 is 0. The quantitative estimate of drug-likeness (QED) is 0.612. The molecule has 0 spiro atoms. The third-order valence-electron chi connectivity index (χ3n) is 5.26. The topological polar surface area (TPSA) is 103 Å². The molecule has 0 atom stereocenters. The van der Waals surface area contributed by atoms with Gasteiger partial charge in [-0.3, -0.25) is 9.78 Å². The van der Waals surface area contributed by atoms with Gasteiger partial charge in [0.25, 0.3) is 5.91 Å². The Bertz CT molecular complexity index is 1000. The minimum absolute atomic E-state index is 0.00266. The van der Waals surface area contributed by atoms with Crippen molar-refractivity contribution < 1.29 is 18.8 Å². The average molecular weight is 409 g/mol. The lowest BCUT2D eigenvalue weighted by atomic mass is 9.93. The zero-order valence-corrected chi connectivity index (χ0v) is 16.9. The molecule has 3 aromatic rings. The summed E-state index contributed by atoms with van der Waals surface area (Å²) in [6.45, 7) is 1.37. The van der Waals surface area contributed by atoms with Crippen LogP contribution in [0.4, 0.5) is 0 Å². The van der Waals surface area contributed by atoms with Crippen LogP contribution in [0.2, 0.25) is 0 Å². The SMILES string of the molecule is COc1ccc(C(=O)N2CCC(Cc3nc(-c4cnccn4)no3)CC2)cc1OC. The first kappa shape index (κ1) is 19.8. The van der Waals surface area contributed by atoms with Crippen molar-refractivity contribution >= 4 is 5.91 Å². The fraction of sp³-hybridized carbons (Fsp3) is 0.381. The van der Waals surface area contributed by atoms with Crippen LogP contribution in [0.3, 0.4) is 0 Å². The standard InChI is InChI=1S/C21H23N5O4/c1-28-17-4-3-15(12-18(17)29-2)21(27)26-9-5-14(6-10-26)11-19-24-20(25-30-19)16-13-22-7-8-23-16/h3-4,7-8,12-14H,5-6,9-11H2,1-2H3. The third-order valence-corrected chi connectivity index (χ3v) is 5.26. The van der Waals surface area contributed by atoms with Gasteiger partial charge in [0.2, 0.25) is 11.7 Å². The van der Waals surface area contributed by atoms with E-state index in [-0.39, 0.29) is 5.91 Å². The molecule has 1 aromatic carbocycles. The monoisotopic (exact) mass is 409 g/mol. The van der Waals surface area contributed by atoms with Crippen molar-refractivity contribution in [2.45, 2.75) is 19.3 Å². The Balaban J connectivity index is 1.34. The zero-order valence-electron chi connectivity index (χ0n) is 16.9. The van der Waals surface area contributed by atoms with Gasteiger partial charge in [0.1, 0.15) is 5.69 Å². The Kier molecular flexibility index (Phi) is 5.87. The molecule has 30 heavy (non-hydrogen) atoms. The van der Waals surface area contributed by atoms with Crippen LogP contribution >= 0.6 is 0 Å². The van der Waals surface area contributed by atoms with E-state index >= 15 is 0 Å². The van der Waals surface area contributed by atoms with Crippen molar-refractivity contribution in [1.29, 1.82) is 0 Å². The average Bonchev–Trinajstić information content (AvgIpc) is 3.27. The van der Waals surface area contributed by atoms with E-state index in [0.29, 0.717) is 59.9 Å². The second-order valence-electron chi connectivity index (χ2n) is 7.11. The van der Waals surface area contributed by atoms with Gasteiger partial charge in [0.15, 0.2) is 11.5 Å². The molecule has 156 valence electrons. The number of methoxy groups -OCH3 is 2. The first-order valence-corrected chi connectivity index (χ1v) is 9.78. The number of hydrogen-bond donors (Lipinski definition) is 0. The normalized spacial score (nSPS) is 14.5. The van der Waals surface area contributed by atoms with Crippen LogP contribution in [0.15, 0.2) is 41.3 Å². The molecule has 4 rings (SSSR count). The molecular formula is C21H23N5O4. The Hall–Kier alpha value is -3.49. The van der Waals surface area contributed by atoms with Gasteiger partial charge in [-0.15, -0.1) is 0 Å². The maximum absolute atomic E-state index is 12.9. The van der Waals surface area contributed by atoms with Crippen molar-refractivity contribution in [2.24, 2.45) is 5.92 Å². The number of likely N-dealkylation sites (tertiary alicyclic amines) is 1.